The van der Waals surface area contributed by atoms with Crippen LogP contribution >= 0.6 is 27.7 Å². The van der Waals surface area contributed by atoms with Crippen LogP contribution in [0.25, 0.3) is 6.08 Å². The fourth-order valence-corrected chi connectivity index (χ4v) is 5.02. The highest BCUT2D eigenvalue weighted by atomic mass is 79.9. The number of aryl methyl sites for hydroxylation is 1. The van der Waals surface area contributed by atoms with Gasteiger partial charge < -0.3 is 14.8 Å². The van der Waals surface area contributed by atoms with E-state index in [-0.39, 0.29) is 10.6 Å². The Balaban J connectivity index is 1.48. The minimum Gasteiger partial charge on any atom is -0.490 e. The fourth-order valence-electron chi connectivity index (χ4n) is 3.61. The molecule has 1 heterocycles. The van der Waals surface area contributed by atoms with Crippen LogP contribution in [0.15, 0.2) is 70.0 Å². The van der Waals surface area contributed by atoms with Crippen LogP contribution < -0.4 is 14.8 Å². The minimum atomic E-state index is -0.615. The van der Waals surface area contributed by atoms with Crippen molar-refractivity contribution in [1.29, 1.82) is 0 Å². The van der Waals surface area contributed by atoms with Gasteiger partial charge in [-0.05, 0) is 89.1 Å². The van der Waals surface area contributed by atoms with Gasteiger partial charge in [0.15, 0.2) is 11.5 Å². The number of carbonyl (C=O) groups excluding carboxylic acids is 3. The van der Waals surface area contributed by atoms with Gasteiger partial charge in [-0.1, -0.05) is 35.9 Å². The number of amides is 3. The van der Waals surface area contributed by atoms with E-state index in [0.29, 0.717) is 34.7 Å². The number of imide groups is 1. The molecule has 3 aromatic rings. The molecule has 7 nitrogen and oxygen atoms in total. The Morgan fingerprint density at radius 1 is 1.11 bits per heavy atom. The largest absolute Gasteiger partial charge is 0.490 e. The average molecular weight is 599 g/mol. The van der Waals surface area contributed by atoms with Crippen LogP contribution in [0, 0.1) is 12.7 Å². The molecule has 4 rings (SSSR count). The summed E-state index contributed by atoms with van der Waals surface area (Å²) < 4.78 is 25.8. The standard InChI is InChI=1S/C28H24BrFN2O5S/c1-3-36-23-12-19(11-22(29)26(23)37-16-18-9-7-17(2)8-10-18)13-24-27(34)32(28(35)38-24)15-25(33)31-21-6-4-5-20(30)14-21/h4-14H,3,15-16H2,1-2H3,(H,31,33)/b24-13+. The normalized spacial score (nSPS) is 14.2. The van der Waals surface area contributed by atoms with Crippen LogP contribution in [0.3, 0.4) is 0 Å². The molecule has 1 aliphatic heterocycles. The molecule has 38 heavy (non-hydrogen) atoms. The fraction of sp³-hybridized carbons (Fsp3) is 0.179. The van der Waals surface area contributed by atoms with Crippen molar-refractivity contribution in [2.75, 3.05) is 18.5 Å². The van der Waals surface area contributed by atoms with Gasteiger partial charge in [0.25, 0.3) is 11.1 Å². The maximum Gasteiger partial charge on any atom is 0.294 e. The summed E-state index contributed by atoms with van der Waals surface area (Å²) in [4.78, 5) is 38.8. The Hall–Kier alpha value is -3.63. The molecule has 0 saturated carbocycles. The van der Waals surface area contributed by atoms with Crippen molar-refractivity contribution in [2.45, 2.75) is 20.5 Å². The molecule has 1 saturated heterocycles. The summed E-state index contributed by atoms with van der Waals surface area (Å²) in [5, 5.41) is 1.92. The van der Waals surface area contributed by atoms with E-state index in [2.05, 4.69) is 21.2 Å². The average Bonchev–Trinajstić information content (AvgIpc) is 3.12. The van der Waals surface area contributed by atoms with Crippen LogP contribution in [-0.2, 0) is 16.2 Å². The van der Waals surface area contributed by atoms with Gasteiger partial charge in [0.1, 0.15) is 19.0 Å². The lowest BCUT2D eigenvalue weighted by Gasteiger charge is -2.15. The molecule has 1 fully saturated rings. The third-order valence-corrected chi connectivity index (χ3v) is 6.91. The van der Waals surface area contributed by atoms with Gasteiger partial charge in [0.05, 0.1) is 16.0 Å². The van der Waals surface area contributed by atoms with E-state index in [0.717, 1.165) is 33.9 Å². The van der Waals surface area contributed by atoms with E-state index in [1.54, 1.807) is 18.2 Å². The zero-order chi connectivity index (χ0) is 27.2. The molecular weight excluding hydrogens is 575 g/mol. The van der Waals surface area contributed by atoms with Crippen molar-refractivity contribution in [3.8, 4) is 11.5 Å². The van der Waals surface area contributed by atoms with Gasteiger partial charge in [-0.2, -0.15) is 0 Å². The lowest BCUT2D eigenvalue weighted by Crippen LogP contribution is -2.36. The topological polar surface area (TPSA) is 84.9 Å². The van der Waals surface area contributed by atoms with E-state index in [4.69, 9.17) is 9.47 Å². The number of hydrogen-bond donors (Lipinski definition) is 1. The van der Waals surface area contributed by atoms with Crippen LogP contribution in [0.4, 0.5) is 14.9 Å². The Morgan fingerprint density at radius 2 is 1.87 bits per heavy atom. The van der Waals surface area contributed by atoms with Gasteiger partial charge >= 0.3 is 0 Å². The summed E-state index contributed by atoms with van der Waals surface area (Å²) in [6, 6.07) is 16.8. The molecule has 0 atom stereocenters. The molecule has 3 amide bonds. The van der Waals surface area contributed by atoms with Gasteiger partial charge in [-0.25, -0.2) is 4.39 Å². The molecule has 1 N–H and O–H groups in total. The van der Waals surface area contributed by atoms with E-state index >= 15 is 0 Å². The Bertz CT molecular complexity index is 1410. The number of anilines is 1. The Morgan fingerprint density at radius 3 is 2.58 bits per heavy atom. The number of carbonyl (C=O) groups is 3. The van der Waals surface area contributed by atoms with E-state index in [1.807, 2.05) is 38.1 Å². The predicted molar refractivity (Wildman–Crippen MR) is 149 cm³/mol. The molecule has 0 spiro atoms. The molecular formula is C28H24BrFN2O5S. The summed E-state index contributed by atoms with van der Waals surface area (Å²) in [6.45, 7) is 4.12. The highest BCUT2D eigenvalue weighted by molar-refractivity contribution is 9.10. The number of nitrogens with zero attached hydrogens (tertiary/aromatic N) is 1. The van der Waals surface area contributed by atoms with Crippen LogP contribution in [0.2, 0.25) is 0 Å². The molecule has 3 aromatic carbocycles. The number of thioether (sulfide) groups is 1. The van der Waals surface area contributed by atoms with E-state index in [9.17, 15) is 18.8 Å². The predicted octanol–water partition coefficient (Wildman–Crippen LogP) is 6.55. The summed E-state index contributed by atoms with van der Waals surface area (Å²) in [5.41, 5.74) is 3.00. The lowest BCUT2D eigenvalue weighted by atomic mass is 10.1. The van der Waals surface area contributed by atoms with Crippen molar-refractivity contribution < 1.29 is 28.2 Å². The van der Waals surface area contributed by atoms with Crippen LogP contribution in [-0.4, -0.2) is 35.1 Å². The van der Waals surface area contributed by atoms with Crippen LogP contribution in [0.5, 0.6) is 11.5 Å². The quantitative estimate of drug-likeness (QED) is 0.281. The van der Waals surface area contributed by atoms with Crippen molar-refractivity contribution in [2.24, 2.45) is 0 Å². The molecule has 0 aliphatic carbocycles. The molecule has 0 unspecified atom stereocenters. The van der Waals surface area contributed by atoms with Crippen LogP contribution in [0.1, 0.15) is 23.6 Å². The molecule has 0 aromatic heterocycles. The lowest BCUT2D eigenvalue weighted by molar-refractivity contribution is -0.127. The first-order valence-corrected chi connectivity index (χ1v) is 13.3. The second-order valence-corrected chi connectivity index (χ2v) is 10.2. The first-order valence-electron chi connectivity index (χ1n) is 11.7. The maximum atomic E-state index is 13.4. The third-order valence-electron chi connectivity index (χ3n) is 5.42. The number of halogens is 2. The smallest absolute Gasteiger partial charge is 0.294 e. The summed E-state index contributed by atoms with van der Waals surface area (Å²) in [7, 11) is 0. The molecule has 10 heteroatoms. The number of hydrogen-bond acceptors (Lipinski definition) is 6. The van der Waals surface area contributed by atoms with Crippen molar-refractivity contribution >= 4 is 56.5 Å². The van der Waals surface area contributed by atoms with Gasteiger partial charge in [-0.3, -0.25) is 19.3 Å². The van der Waals surface area contributed by atoms with Crippen molar-refractivity contribution in [1.82, 2.24) is 4.90 Å². The zero-order valence-electron chi connectivity index (χ0n) is 20.6. The molecule has 196 valence electrons. The highest BCUT2D eigenvalue weighted by Crippen LogP contribution is 2.39. The van der Waals surface area contributed by atoms with Crippen molar-refractivity contribution in [3.05, 3.63) is 92.5 Å². The monoisotopic (exact) mass is 598 g/mol. The van der Waals surface area contributed by atoms with Gasteiger partial charge in [0, 0.05) is 5.69 Å². The van der Waals surface area contributed by atoms with E-state index < -0.39 is 29.4 Å². The number of ether oxygens (including phenoxy) is 2. The zero-order valence-corrected chi connectivity index (χ0v) is 23.0. The molecule has 0 bridgehead atoms. The number of benzene rings is 3. The Kier molecular flexibility index (Phi) is 8.85. The maximum absolute atomic E-state index is 13.4. The number of nitrogens with one attached hydrogen (secondary N) is 1. The van der Waals surface area contributed by atoms with Gasteiger partial charge in [-0.15, -0.1) is 0 Å². The second kappa shape index (κ2) is 12.3. The number of rotatable bonds is 9. The first kappa shape index (κ1) is 27.4. The Labute approximate surface area is 232 Å². The molecule has 1 aliphatic rings. The SMILES string of the molecule is CCOc1cc(/C=C2/SC(=O)N(CC(=O)Nc3cccc(F)c3)C2=O)cc(Br)c1OCc1ccc(C)cc1. The summed E-state index contributed by atoms with van der Waals surface area (Å²) >= 11 is 4.26. The summed E-state index contributed by atoms with van der Waals surface area (Å²) in [5.74, 6) is -0.722. The third kappa shape index (κ3) is 6.81. The van der Waals surface area contributed by atoms with Gasteiger partial charge in [0.2, 0.25) is 5.91 Å². The minimum absolute atomic E-state index is 0.163. The highest BCUT2D eigenvalue weighted by Gasteiger charge is 2.36. The second-order valence-electron chi connectivity index (χ2n) is 8.36. The van der Waals surface area contributed by atoms with Crippen molar-refractivity contribution in [3.63, 3.8) is 0 Å². The summed E-state index contributed by atoms with van der Waals surface area (Å²) in [6.07, 6.45) is 1.56. The van der Waals surface area contributed by atoms with E-state index in [1.165, 1.54) is 18.2 Å². The molecule has 0 radical (unpaired) electrons. The first-order chi connectivity index (χ1) is 18.2.